The third-order valence-electron chi connectivity index (χ3n) is 3.97. The number of carbonyl (C=O) groups is 1. The van der Waals surface area contributed by atoms with Crippen molar-refractivity contribution in [2.24, 2.45) is 0 Å². The number of hydrogen-bond acceptors (Lipinski definition) is 4. The number of hydrogen-bond donors (Lipinski definition) is 1. The zero-order chi connectivity index (χ0) is 18.5. The Morgan fingerprint density at radius 3 is 2.54 bits per heavy atom. The van der Waals surface area contributed by atoms with E-state index in [1.165, 1.54) is 11.6 Å². The van der Waals surface area contributed by atoms with Crippen LogP contribution in [0.3, 0.4) is 0 Å². The highest BCUT2D eigenvalue weighted by molar-refractivity contribution is 5.89. The number of rotatable bonds is 5. The molecule has 3 aromatic rings. The van der Waals surface area contributed by atoms with Gasteiger partial charge in [-0.3, -0.25) is 9.59 Å². The van der Waals surface area contributed by atoms with Crippen LogP contribution >= 0.6 is 0 Å². The summed E-state index contributed by atoms with van der Waals surface area (Å²) < 4.78 is 1.16. The molecule has 0 fully saturated rings. The molecule has 1 aromatic carbocycles. The van der Waals surface area contributed by atoms with Crippen molar-refractivity contribution in [3.63, 3.8) is 0 Å². The van der Waals surface area contributed by atoms with Crippen LogP contribution in [0, 0.1) is 6.92 Å². The maximum Gasteiger partial charge on any atom is 0.267 e. The van der Waals surface area contributed by atoms with Crippen molar-refractivity contribution in [3.05, 3.63) is 76.2 Å². The molecule has 0 aliphatic rings. The number of anilines is 1. The normalized spacial score (nSPS) is 10.5. The molecule has 2 heterocycles. The highest BCUT2D eigenvalue weighted by Gasteiger charge is 2.09. The van der Waals surface area contributed by atoms with Gasteiger partial charge >= 0.3 is 0 Å². The highest BCUT2D eigenvalue weighted by atomic mass is 16.2. The molecular weight excluding hydrogens is 328 g/mol. The van der Waals surface area contributed by atoms with Crippen LogP contribution in [0.2, 0.25) is 0 Å². The van der Waals surface area contributed by atoms with Gasteiger partial charge in [-0.1, -0.05) is 37.3 Å². The average Bonchev–Trinajstić information content (AvgIpc) is 2.63. The number of aryl methyl sites for hydroxylation is 2. The molecule has 0 aliphatic heterocycles. The summed E-state index contributed by atoms with van der Waals surface area (Å²) in [5.74, 6) is 0.102. The van der Waals surface area contributed by atoms with Crippen LogP contribution in [-0.2, 0) is 17.8 Å². The fourth-order valence-corrected chi connectivity index (χ4v) is 2.56. The number of nitrogens with one attached hydrogen (secondary N) is 1. The molecule has 2 aromatic heterocycles. The van der Waals surface area contributed by atoms with Gasteiger partial charge in [-0.2, -0.15) is 5.10 Å². The molecule has 0 saturated carbocycles. The predicted octanol–water partition coefficient (Wildman–Crippen LogP) is 2.81. The molecule has 0 aliphatic carbocycles. The summed E-state index contributed by atoms with van der Waals surface area (Å²) in [5, 5.41) is 7.00. The van der Waals surface area contributed by atoms with E-state index in [9.17, 15) is 9.59 Å². The van der Waals surface area contributed by atoms with Gasteiger partial charge in [-0.05, 0) is 37.1 Å². The maximum absolute atomic E-state index is 12.2. The van der Waals surface area contributed by atoms with E-state index in [0.717, 1.165) is 22.4 Å². The van der Waals surface area contributed by atoms with Crippen molar-refractivity contribution in [2.75, 3.05) is 5.32 Å². The molecule has 132 valence electrons. The lowest BCUT2D eigenvalue weighted by atomic mass is 10.1. The van der Waals surface area contributed by atoms with Crippen LogP contribution in [0.1, 0.15) is 18.2 Å². The first kappa shape index (κ1) is 17.5. The van der Waals surface area contributed by atoms with Gasteiger partial charge in [0, 0.05) is 17.3 Å². The highest BCUT2D eigenvalue weighted by Crippen LogP contribution is 2.16. The van der Waals surface area contributed by atoms with Crippen LogP contribution < -0.4 is 10.9 Å². The predicted molar refractivity (Wildman–Crippen MR) is 101 cm³/mol. The second-order valence-electron chi connectivity index (χ2n) is 5.98. The first-order chi connectivity index (χ1) is 12.5. The van der Waals surface area contributed by atoms with Gasteiger partial charge in [0.2, 0.25) is 5.91 Å². The van der Waals surface area contributed by atoms with Gasteiger partial charge in [0.25, 0.3) is 5.56 Å². The van der Waals surface area contributed by atoms with Crippen molar-refractivity contribution in [3.8, 4) is 11.3 Å². The van der Waals surface area contributed by atoms with Gasteiger partial charge < -0.3 is 5.32 Å². The van der Waals surface area contributed by atoms with Gasteiger partial charge in [-0.15, -0.1) is 0 Å². The lowest BCUT2D eigenvalue weighted by Gasteiger charge is -2.08. The summed E-state index contributed by atoms with van der Waals surface area (Å²) in [6.45, 7) is 3.76. The summed E-state index contributed by atoms with van der Waals surface area (Å²) in [6.07, 6.45) is 0.959. The van der Waals surface area contributed by atoms with E-state index in [0.29, 0.717) is 11.5 Å². The largest absolute Gasteiger partial charge is 0.309 e. The molecule has 26 heavy (non-hydrogen) atoms. The SMILES string of the molecule is CCc1ccc(-c2ccc(=O)n(CC(=O)Nc3cccc(C)n3)n2)cc1. The van der Waals surface area contributed by atoms with Crippen molar-refractivity contribution in [1.29, 1.82) is 0 Å². The molecule has 0 saturated heterocycles. The summed E-state index contributed by atoms with van der Waals surface area (Å²) in [5.41, 5.74) is 3.25. The van der Waals surface area contributed by atoms with E-state index in [1.54, 1.807) is 12.1 Å². The van der Waals surface area contributed by atoms with E-state index in [2.05, 4.69) is 22.3 Å². The molecule has 3 rings (SSSR count). The lowest BCUT2D eigenvalue weighted by molar-refractivity contribution is -0.117. The Morgan fingerprint density at radius 1 is 1.08 bits per heavy atom. The molecule has 1 amide bonds. The molecule has 0 spiro atoms. The third kappa shape index (κ3) is 4.22. The summed E-state index contributed by atoms with van der Waals surface area (Å²) in [7, 11) is 0. The summed E-state index contributed by atoms with van der Waals surface area (Å²) in [4.78, 5) is 28.5. The Labute approximate surface area is 151 Å². The Bertz CT molecular complexity index is 978. The van der Waals surface area contributed by atoms with Crippen LogP contribution in [0.5, 0.6) is 0 Å². The van der Waals surface area contributed by atoms with Gasteiger partial charge in [0.05, 0.1) is 5.69 Å². The minimum atomic E-state index is -0.351. The van der Waals surface area contributed by atoms with E-state index < -0.39 is 0 Å². The smallest absolute Gasteiger partial charge is 0.267 e. The molecule has 6 nitrogen and oxygen atoms in total. The Morgan fingerprint density at radius 2 is 1.85 bits per heavy atom. The molecule has 1 N–H and O–H groups in total. The third-order valence-corrected chi connectivity index (χ3v) is 3.97. The number of amides is 1. The van der Waals surface area contributed by atoms with Gasteiger partial charge in [0.1, 0.15) is 12.4 Å². The molecule has 0 radical (unpaired) electrons. The lowest BCUT2D eigenvalue weighted by Crippen LogP contribution is -2.29. The number of pyridine rings is 1. The second-order valence-corrected chi connectivity index (χ2v) is 5.98. The Kier molecular flexibility index (Phi) is 5.22. The topological polar surface area (TPSA) is 76.9 Å². The standard InChI is InChI=1S/C20H20N4O2/c1-3-15-7-9-16(10-8-15)17-11-12-20(26)24(23-17)13-19(25)22-18-6-4-5-14(2)21-18/h4-12H,3,13H2,1-2H3,(H,21,22,25). The molecule has 0 bridgehead atoms. The van der Waals surface area contributed by atoms with Crippen LogP contribution in [0.15, 0.2) is 59.4 Å². The number of benzene rings is 1. The number of nitrogens with zero attached hydrogens (tertiary/aromatic N) is 3. The van der Waals surface area contributed by atoms with Crippen molar-refractivity contribution >= 4 is 11.7 Å². The second kappa shape index (κ2) is 7.74. The summed E-state index contributed by atoms with van der Waals surface area (Å²) >= 11 is 0. The molecular formula is C20H20N4O2. The van der Waals surface area contributed by atoms with Crippen molar-refractivity contribution in [2.45, 2.75) is 26.8 Å². The minimum absolute atomic E-state index is 0.171. The number of carbonyl (C=O) groups excluding carboxylic acids is 1. The van der Waals surface area contributed by atoms with E-state index in [1.807, 2.05) is 43.3 Å². The van der Waals surface area contributed by atoms with Gasteiger partial charge in [0.15, 0.2) is 0 Å². The fourth-order valence-electron chi connectivity index (χ4n) is 2.56. The Balaban J connectivity index is 1.79. The van der Waals surface area contributed by atoms with Crippen molar-refractivity contribution < 1.29 is 4.79 Å². The zero-order valence-electron chi connectivity index (χ0n) is 14.8. The van der Waals surface area contributed by atoms with E-state index >= 15 is 0 Å². The molecule has 0 unspecified atom stereocenters. The van der Waals surface area contributed by atoms with Crippen LogP contribution in [0.25, 0.3) is 11.3 Å². The minimum Gasteiger partial charge on any atom is -0.309 e. The van der Waals surface area contributed by atoms with Crippen molar-refractivity contribution in [1.82, 2.24) is 14.8 Å². The van der Waals surface area contributed by atoms with Crippen LogP contribution in [-0.4, -0.2) is 20.7 Å². The Hall–Kier alpha value is -3.28. The number of aromatic nitrogens is 3. The molecule has 6 heteroatoms. The average molecular weight is 348 g/mol. The fraction of sp³-hybridized carbons (Fsp3) is 0.200. The van der Waals surface area contributed by atoms with Crippen LogP contribution in [0.4, 0.5) is 5.82 Å². The van der Waals surface area contributed by atoms with Gasteiger partial charge in [-0.25, -0.2) is 9.67 Å². The molecule has 0 atom stereocenters. The quantitative estimate of drug-likeness (QED) is 0.769. The first-order valence-electron chi connectivity index (χ1n) is 8.46. The first-order valence-corrected chi connectivity index (χ1v) is 8.46. The van der Waals surface area contributed by atoms with E-state index in [4.69, 9.17) is 0 Å². The zero-order valence-corrected chi connectivity index (χ0v) is 14.8. The summed E-state index contributed by atoms with van der Waals surface area (Å²) in [6, 6.07) is 16.4. The van der Waals surface area contributed by atoms with E-state index in [-0.39, 0.29) is 18.0 Å². The monoisotopic (exact) mass is 348 g/mol. The maximum atomic E-state index is 12.2.